The van der Waals surface area contributed by atoms with Crippen molar-refractivity contribution in [2.24, 2.45) is 0 Å². The van der Waals surface area contributed by atoms with Crippen molar-refractivity contribution in [2.45, 2.75) is 50.6 Å². The van der Waals surface area contributed by atoms with E-state index < -0.39 is 17.9 Å². The fourth-order valence-electron chi connectivity index (χ4n) is 7.05. The molecule has 1 amide bonds. The Bertz CT molecular complexity index is 2360. The van der Waals surface area contributed by atoms with Crippen LogP contribution in [-0.2, 0) is 11.2 Å². The van der Waals surface area contributed by atoms with Gasteiger partial charge in [-0.2, -0.15) is 0 Å². The summed E-state index contributed by atoms with van der Waals surface area (Å²) >= 11 is 0. The number of carboxylic acid groups (broad SMARTS) is 1. The van der Waals surface area contributed by atoms with Crippen LogP contribution in [0.4, 0.5) is 0 Å². The van der Waals surface area contributed by atoms with E-state index in [2.05, 4.69) is 19.9 Å². The zero-order valence-electron chi connectivity index (χ0n) is 26.6. The summed E-state index contributed by atoms with van der Waals surface area (Å²) in [4.78, 5) is 43.6. The zero-order valence-corrected chi connectivity index (χ0v) is 26.6. The molecule has 1 aliphatic carbocycles. The van der Waals surface area contributed by atoms with Gasteiger partial charge in [0, 0.05) is 46.3 Å². The van der Waals surface area contributed by atoms with Gasteiger partial charge in [0.1, 0.15) is 17.6 Å². The molecule has 1 aliphatic rings. The second kappa shape index (κ2) is 12.5. The highest BCUT2D eigenvalue weighted by atomic mass is 16.4. The summed E-state index contributed by atoms with van der Waals surface area (Å²) in [6.07, 6.45) is 9.11. The van der Waals surface area contributed by atoms with Crippen LogP contribution in [-0.4, -0.2) is 52.6 Å². The standard InChI is InChI=1S/C39H34N6O4/c46-28-13-15-30-29(20-28)26(21-40-30)19-34(39(48)49)44-38(47)25-12-16-36-33(18-25)43-37(45(36)27-9-5-2-6-10-27)24-11-14-31-32(17-24)42-35(22-41-31)23-7-3-1-4-8-23/h1,3-4,7-8,11-18,20-22,27,34,40,46H,2,5-6,9-10,19H2,(H,44,47)(H,48,49)/t34-/m0/s1. The van der Waals surface area contributed by atoms with Crippen LogP contribution in [0.5, 0.6) is 5.75 Å². The number of imidazole rings is 1. The van der Waals surface area contributed by atoms with Crippen molar-refractivity contribution in [1.82, 2.24) is 29.8 Å². The summed E-state index contributed by atoms with van der Waals surface area (Å²) in [5.41, 5.74) is 7.63. The summed E-state index contributed by atoms with van der Waals surface area (Å²) in [5, 5.41) is 23.4. The van der Waals surface area contributed by atoms with Gasteiger partial charge in [0.2, 0.25) is 0 Å². The van der Waals surface area contributed by atoms with Gasteiger partial charge in [-0.05, 0) is 73.0 Å². The van der Waals surface area contributed by atoms with E-state index in [4.69, 9.17) is 9.97 Å². The number of nitrogens with zero attached hydrogens (tertiary/aromatic N) is 4. The molecule has 10 nitrogen and oxygen atoms in total. The molecular weight excluding hydrogens is 616 g/mol. The lowest BCUT2D eigenvalue weighted by atomic mass is 9.94. The quantitative estimate of drug-likeness (QED) is 0.134. The van der Waals surface area contributed by atoms with Crippen LogP contribution in [0, 0.1) is 0 Å². The van der Waals surface area contributed by atoms with Gasteiger partial charge in [-0.1, -0.05) is 49.6 Å². The SMILES string of the molecule is O=C(N[C@@H](Cc1c[nH]c2ccc(O)cc12)C(=O)O)c1ccc2c(c1)nc(-c1ccc3ncc(-c4ccccc4)nc3c1)n2C1CCCCC1. The molecule has 49 heavy (non-hydrogen) atoms. The number of nitrogens with one attached hydrogen (secondary N) is 2. The number of aromatic amines is 1. The van der Waals surface area contributed by atoms with Crippen LogP contribution in [0.15, 0.2) is 97.3 Å². The fraction of sp³-hybridized carbons (Fsp3) is 0.205. The van der Waals surface area contributed by atoms with Gasteiger partial charge in [-0.15, -0.1) is 0 Å². The van der Waals surface area contributed by atoms with Crippen molar-refractivity contribution in [3.63, 3.8) is 0 Å². The summed E-state index contributed by atoms with van der Waals surface area (Å²) in [6, 6.07) is 25.4. The first-order chi connectivity index (χ1) is 23.9. The van der Waals surface area contributed by atoms with E-state index in [1.54, 1.807) is 42.7 Å². The molecule has 1 fully saturated rings. The number of fused-ring (bicyclic) bond motifs is 3. The number of hydrogen-bond acceptors (Lipinski definition) is 6. The third-order valence-corrected chi connectivity index (χ3v) is 9.54. The topological polar surface area (TPSA) is 146 Å². The average Bonchev–Trinajstić information content (AvgIpc) is 3.72. The molecule has 3 heterocycles. The average molecular weight is 651 g/mol. The van der Waals surface area contributed by atoms with Crippen molar-refractivity contribution < 1.29 is 19.8 Å². The molecule has 0 bridgehead atoms. The summed E-state index contributed by atoms with van der Waals surface area (Å²) in [7, 11) is 0. The van der Waals surface area contributed by atoms with Crippen molar-refractivity contribution in [3.8, 4) is 28.4 Å². The van der Waals surface area contributed by atoms with Crippen molar-refractivity contribution in [1.29, 1.82) is 0 Å². The third kappa shape index (κ3) is 5.86. The molecule has 4 N–H and O–H groups in total. The van der Waals surface area contributed by atoms with Crippen molar-refractivity contribution in [2.75, 3.05) is 0 Å². The number of rotatable bonds is 8. The Labute approximate surface area is 281 Å². The fourth-order valence-corrected chi connectivity index (χ4v) is 7.05. The van der Waals surface area contributed by atoms with Crippen LogP contribution in [0.3, 0.4) is 0 Å². The molecule has 0 unspecified atom stereocenters. The number of hydrogen-bond donors (Lipinski definition) is 4. The van der Waals surface area contributed by atoms with Crippen LogP contribution >= 0.6 is 0 Å². The summed E-state index contributed by atoms with van der Waals surface area (Å²) < 4.78 is 2.30. The number of carbonyl (C=O) groups excluding carboxylic acids is 1. The molecule has 7 aromatic rings. The van der Waals surface area contributed by atoms with Gasteiger partial charge in [-0.25, -0.2) is 14.8 Å². The van der Waals surface area contributed by atoms with Crippen LogP contribution in [0.25, 0.3) is 55.6 Å². The van der Waals surface area contributed by atoms with Gasteiger partial charge in [0.05, 0.1) is 34.0 Å². The maximum Gasteiger partial charge on any atom is 0.326 e. The maximum atomic E-state index is 13.5. The second-order valence-corrected chi connectivity index (χ2v) is 12.7. The highest BCUT2D eigenvalue weighted by Crippen LogP contribution is 2.37. The molecule has 10 heteroatoms. The minimum atomic E-state index is -1.18. The lowest BCUT2D eigenvalue weighted by Gasteiger charge is -2.25. The summed E-state index contributed by atoms with van der Waals surface area (Å²) in [5.74, 6) is -0.764. The molecule has 0 spiro atoms. The zero-order chi connectivity index (χ0) is 33.5. The molecule has 244 valence electrons. The predicted octanol–water partition coefficient (Wildman–Crippen LogP) is 7.43. The monoisotopic (exact) mass is 650 g/mol. The normalized spacial score (nSPS) is 14.4. The molecule has 4 aromatic carbocycles. The first-order valence-corrected chi connectivity index (χ1v) is 16.6. The minimum absolute atomic E-state index is 0.0457. The van der Waals surface area contributed by atoms with E-state index in [0.717, 1.165) is 70.4 Å². The highest BCUT2D eigenvalue weighted by Gasteiger charge is 2.26. The number of aromatic nitrogens is 5. The van der Waals surface area contributed by atoms with E-state index in [-0.39, 0.29) is 18.2 Å². The molecular formula is C39H34N6O4. The number of phenols is 1. The van der Waals surface area contributed by atoms with E-state index in [1.807, 2.05) is 54.6 Å². The molecule has 1 saturated carbocycles. The molecule has 3 aromatic heterocycles. The van der Waals surface area contributed by atoms with Crippen molar-refractivity contribution in [3.05, 3.63) is 108 Å². The van der Waals surface area contributed by atoms with E-state index in [1.165, 1.54) is 6.42 Å². The van der Waals surface area contributed by atoms with Crippen LogP contribution in [0.2, 0.25) is 0 Å². The van der Waals surface area contributed by atoms with Gasteiger partial charge in [0.25, 0.3) is 5.91 Å². The molecule has 0 saturated heterocycles. The Hall–Kier alpha value is -6.03. The Morgan fingerprint density at radius 2 is 1.71 bits per heavy atom. The number of carboxylic acids is 1. The number of aliphatic carboxylic acids is 1. The Morgan fingerprint density at radius 3 is 2.53 bits per heavy atom. The van der Waals surface area contributed by atoms with Gasteiger partial charge in [-0.3, -0.25) is 9.78 Å². The van der Waals surface area contributed by atoms with Gasteiger partial charge >= 0.3 is 5.97 Å². The Morgan fingerprint density at radius 1 is 0.878 bits per heavy atom. The first-order valence-electron chi connectivity index (χ1n) is 16.6. The molecule has 0 radical (unpaired) electrons. The first kappa shape index (κ1) is 30.3. The molecule has 8 rings (SSSR count). The smallest absolute Gasteiger partial charge is 0.326 e. The lowest BCUT2D eigenvalue weighted by molar-refractivity contribution is -0.139. The Kier molecular flexibility index (Phi) is 7.75. The third-order valence-electron chi connectivity index (χ3n) is 9.54. The number of benzene rings is 4. The largest absolute Gasteiger partial charge is 0.508 e. The van der Waals surface area contributed by atoms with E-state index in [0.29, 0.717) is 22.0 Å². The number of amides is 1. The van der Waals surface area contributed by atoms with Crippen LogP contribution in [0.1, 0.15) is 54.1 Å². The van der Waals surface area contributed by atoms with E-state index in [9.17, 15) is 19.8 Å². The van der Waals surface area contributed by atoms with Crippen LogP contribution < -0.4 is 5.32 Å². The predicted molar refractivity (Wildman–Crippen MR) is 188 cm³/mol. The molecule has 1 atom stereocenters. The maximum absolute atomic E-state index is 13.5. The van der Waals surface area contributed by atoms with Gasteiger partial charge < -0.3 is 25.1 Å². The highest BCUT2D eigenvalue weighted by molar-refractivity contribution is 6.00. The minimum Gasteiger partial charge on any atom is -0.508 e. The van der Waals surface area contributed by atoms with E-state index >= 15 is 0 Å². The molecule has 0 aliphatic heterocycles. The number of aromatic hydroxyl groups is 1. The number of H-pyrrole nitrogens is 1. The van der Waals surface area contributed by atoms with Crippen molar-refractivity contribution >= 4 is 44.8 Å². The van der Waals surface area contributed by atoms with Gasteiger partial charge in [0.15, 0.2) is 0 Å². The Balaban J connectivity index is 1.14. The number of phenolic OH excluding ortho intramolecular Hbond substituents is 1. The lowest BCUT2D eigenvalue weighted by Crippen LogP contribution is -2.42. The summed E-state index contributed by atoms with van der Waals surface area (Å²) in [6.45, 7) is 0. The number of carbonyl (C=O) groups is 2. The second-order valence-electron chi connectivity index (χ2n) is 12.7.